The Morgan fingerprint density at radius 2 is 2.08 bits per heavy atom. The molecule has 1 amide bonds. The first-order valence-corrected chi connectivity index (χ1v) is 9.11. The molecular weight excluding hydrogens is 304 g/mol. The van der Waals surface area contributed by atoms with Gasteiger partial charge in [0.2, 0.25) is 5.91 Å². The van der Waals surface area contributed by atoms with Crippen LogP contribution in [0.15, 0.2) is 17.1 Å². The maximum Gasteiger partial charge on any atom is 0.268 e. The van der Waals surface area contributed by atoms with Gasteiger partial charge in [0.05, 0.1) is 11.9 Å². The lowest BCUT2D eigenvalue weighted by Crippen LogP contribution is -2.35. The molecule has 1 aromatic rings. The van der Waals surface area contributed by atoms with Gasteiger partial charge in [0.25, 0.3) is 5.56 Å². The van der Waals surface area contributed by atoms with Crippen molar-refractivity contribution in [3.8, 4) is 0 Å². The predicted octanol–water partition coefficient (Wildman–Crippen LogP) is 1.94. The van der Waals surface area contributed by atoms with Crippen molar-refractivity contribution in [2.45, 2.75) is 46.0 Å². The monoisotopic (exact) mass is 334 g/mol. The number of aromatic nitrogens is 2. The van der Waals surface area contributed by atoms with Crippen LogP contribution in [0, 0.1) is 11.8 Å². The summed E-state index contributed by atoms with van der Waals surface area (Å²) in [6.45, 7) is 6.74. The number of hydrogen-bond acceptors (Lipinski definition) is 4. The van der Waals surface area contributed by atoms with Crippen molar-refractivity contribution in [3.05, 3.63) is 22.6 Å². The van der Waals surface area contributed by atoms with Crippen LogP contribution in [0.4, 0.5) is 5.69 Å². The molecule has 1 atom stereocenters. The molecule has 1 aliphatic rings. The topological polar surface area (TPSA) is 67.2 Å². The number of carbonyl (C=O) groups excluding carboxylic acids is 1. The second-order valence-corrected chi connectivity index (χ2v) is 6.80. The van der Waals surface area contributed by atoms with Crippen molar-refractivity contribution in [2.75, 3.05) is 24.5 Å². The largest absolute Gasteiger partial charge is 0.370 e. The third kappa shape index (κ3) is 4.82. The second kappa shape index (κ2) is 8.85. The molecule has 1 fully saturated rings. The highest BCUT2D eigenvalue weighted by molar-refractivity contribution is 5.78. The van der Waals surface area contributed by atoms with Crippen LogP contribution in [-0.4, -0.2) is 35.3 Å². The van der Waals surface area contributed by atoms with Crippen LogP contribution in [0.1, 0.15) is 46.0 Å². The van der Waals surface area contributed by atoms with Crippen LogP contribution in [-0.2, 0) is 11.8 Å². The summed E-state index contributed by atoms with van der Waals surface area (Å²) in [5.74, 6) is 0.785. The molecule has 6 heteroatoms. The quantitative estimate of drug-likeness (QED) is 0.789. The smallest absolute Gasteiger partial charge is 0.268 e. The number of hydrogen-bond donors (Lipinski definition) is 1. The normalized spacial score (nSPS) is 17.5. The molecule has 0 spiro atoms. The number of carbonyl (C=O) groups is 1. The van der Waals surface area contributed by atoms with E-state index < -0.39 is 0 Å². The molecule has 2 heterocycles. The Kier molecular flexibility index (Phi) is 6.82. The van der Waals surface area contributed by atoms with Gasteiger partial charge in [0.15, 0.2) is 0 Å². The Bertz CT molecular complexity index is 593. The van der Waals surface area contributed by atoms with E-state index in [0.717, 1.165) is 57.4 Å². The highest BCUT2D eigenvalue weighted by Crippen LogP contribution is 2.22. The van der Waals surface area contributed by atoms with Gasteiger partial charge in [0.1, 0.15) is 0 Å². The number of aryl methyl sites for hydroxylation is 1. The summed E-state index contributed by atoms with van der Waals surface area (Å²) in [6.07, 6.45) is 6.80. The lowest BCUT2D eigenvalue weighted by Gasteiger charge is -2.19. The summed E-state index contributed by atoms with van der Waals surface area (Å²) < 4.78 is 1.33. The zero-order chi connectivity index (χ0) is 17.5. The Morgan fingerprint density at radius 3 is 2.71 bits per heavy atom. The third-order valence-electron chi connectivity index (χ3n) is 4.81. The maximum atomic E-state index is 12.3. The first-order chi connectivity index (χ1) is 11.5. The van der Waals surface area contributed by atoms with Crippen LogP contribution in [0.25, 0.3) is 0 Å². The predicted molar refractivity (Wildman–Crippen MR) is 96.1 cm³/mol. The van der Waals surface area contributed by atoms with Gasteiger partial charge in [0, 0.05) is 38.7 Å². The van der Waals surface area contributed by atoms with Gasteiger partial charge < -0.3 is 10.2 Å². The van der Waals surface area contributed by atoms with E-state index in [2.05, 4.69) is 29.2 Å². The van der Waals surface area contributed by atoms with Crippen molar-refractivity contribution in [1.29, 1.82) is 0 Å². The minimum Gasteiger partial charge on any atom is -0.370 e. The average Bonchev–Trinajstić information content (AvgIpc) is 3.04. The van der Waals surface area contributed by atoms with Gasteiger partial charge in [-0.05, 0) is 25.2 Å². The molecule has 134 valence electrons. The lowest BCUT2D eigenvalue weighted by atomic mass is 9.97. The molecule has 24 heavy (non-hydrogen) atoms. The first kappa shape index (κ1) is 18.5. The summed E-state index contributed by atoms with van der Waals surface area (Å²) in [7, 11) is 1.65. The highest BCUT2D eigenvalue weighted by Gasteiger charge is 2.25. The third-order valence-corrected chi connectivity index (χ3v) is 4.81. The standard InChI is InChI=1S/C18H30N4O2/c1-4-6-15(7-5-2)18(24)19-11-14-8-9-22(13-14)16-10-17(23)21(3)20-12-16/h10,12,14-15H,4-9,11,13H2,1-3H3,(H,19,24). The summed E-state index contributed by atoms with van der Waals surface area (Å²) in [5, 5.41) is 7.22. The average molecular weight is 334 g/mol. The lowest BCUT2D eigenvalue weighted by molar-refractivity contribution is -0.125. The summed E-state index contributed by atoms with van der Waals surface area (Å²) in [6, 6.07) is 1.63. The van der Waals surface area contributed by atoms with E-state index in [4.69, 9.17) is 0 Å². The van der Waals surface area contributed by atoms with E-state index in [9.17, 15) is 9.59 Å². The van der Waals surface area contributed by atoms with Crippen molar-refractivity contribution < 1.29 is 4.79 Å². The Hall–Kier alpha value is -1.85. The van der Waals surface area contributed by atoms with E-state index in [-0.39, 0.29) is 17.4 Å². The SMILES string of the molecule is CCCC(CCC)C(=O)NCC1CCN(c2cnn(C)c(=O)c2)C1. The maximum absolute atomic E-state index is 12.3. The van der Waals surface area contributed by atoms with Crippen LogP contribution < -0.4 is 15.8 Å². The number of rotatable bonds is 8. The molecule has 0 bridgehead atoms. The first-order valence-electron chi connectivity index (χ1n) is 9.11. The van der Waals surface area contributed by atoms with E-state index in [0.29, 0.717) is 5.92 Å². The van der Waals surface area contributed by atoms with Gasteiger partial charge >= 0.3 is 0 Å². The fourth-order valence-electron chi connectivity index (χ4n) is 3.36. The van der Waals surface area contributed by atoms with Crippen LogP contribution >= 0.6 is 0 Å². The van der Waals surface area contributed by atoms with E-state index in [1.165, 1.54) is 4.68 Å². The van der Waals surface area contributed by atoms with Gasteiger partial charge in [-0.1, -0.05) is 26.7 Å². The van der Waals surface area contributed by atoms with Crippen LogP contribution in [0.3, 0.4) is 0 Å². The second-order valence-electron chi connectivity index (χ2n) is 6.80. The number of amides is 1. The molecule has 1 aromatic heterocycles. The minimum absolute atomic E-state index is 0.0915. The molecular formula is C18H30N4O2. The van der Waals surface area contributed by atoms with Crippen LogP contribution in [0.2, 0.25) is 0 Å². The van der Waals surface area contributed by atoms with Crippen molar-refractivity contribution in [3.63, 3.8) is 0 Å². The molecule has 0 aromatic carbocycles. The van der Waals surface area contributed by atoms with Crippen LogP contribution in [0.5, 0.6) is 0 Å². The summed E-state index contributed by atoms with van der Waals surface area (Å²) >= 11 is 0. The molecule has 6 nitrogen and oxygen atoms in total. The molecule has 1 N–H and O–H groups in total. The summed E-state index contributed by atoms with van der Waals surface area (Å²) in [4.78, 5) is 26.2. The van der Waals surface area contributed by atoms with E-state index in [1.54, 1.807) is 19.3 Å². The molecule has 1 aliphatic heterocycles. The fraction of sp³-hybridized carbons (Fsp3) is 0.722. The molecule has 0 aliphatic carbocycles. The Balaban J connectivity index is 1.84. The minimum atomic E-state index is -0.0915. The van der Waals surface area contributed by atoms with Gasteiger partial charge in [-0.2, -0.15) is 5.10 Å². The zero-order valence-corrected chi connectivity index (χ0v) is 15.1. The molecule has 0 radical (unpaired) electrons. The molecule has 1 unspecified atom stereocenters. The summed E-state index contributed by atoms with van der Waals surface area (Å²) in [5.41, 5.74) is 0.785. The van der Waals surface area contributed by atoms with E-state index in [1.807, 2.05) is 0 Å². The Labute approximate surface area is 144 Å². The fourth-order valence-corrected chi connectivity index (χ4v) is 3.36. The Morgan fingerprint density at radius 1 is 1.38 bits per heavy atom. The molecule has 1 saturated heterocycles. The molecule has 0 saturated carbocycles. The highest BCUT2D eigenvalue weighted by atomic mass is 16.2. The van der Waals surface area contributed by atoms with Crippen molar-refractivity contribution in [2.24, 2.45) is 18.9 Å². The van der Waals surface area contributed by atoms with E-state index >= 15 is 0 Å². The molecule has 2 rings (SSSR count). The zero-order valence-electron chi connectivity index (χ0n) is 15.1. The number of nitrogens with one attached hydrogen (secondary N) is 1. The van der Waals surface area contributed by atoms with Crippen molar-refractivity contribution in [1.82, 2.24) is 15.1 Å². The number of anilines is 1. The van der Waals surface area contributed by atoms with Gasteiger partial charge in [-0.15, -0.1) is 0 Å². The van der Waals surface area contributed by atoms with Crippen molar-refractivity contribution >= 4 is 11.6 Å². The van der Waals surface area contributed by atoms with Gasteiger partial charge in [-0.3, -0.25) is 9.59 Å². The van der Waals surface area contributed by atoms with Gasteiger partial charge in [-0.25, -0.2) is 4.68 Å². The number of nitrogens with zero attached hydrogens (tertiary/aromatic N) is 3.